The standard InChI is InChI=1S/2C4H11NO3.C4H8NO3.Cr.6Mo.9H2O.18O/c3*5-4(1-6,2-7)3-8;;;;;;;;;;;;;;;;;;;;;;;;;;;;;;;;;;/h2*6-8H,1-3,5H2;1-3,5H2;;;;;;;;9*1H2;;;;;;;;;;;;;;;;;;/q;;-3;+6;;;;;;;;;;;;;;;;18*-2. The van der Waals surface area contributed by atoms with Gasteiger partial charge in [-0.15, -0.1) is 0 Å². The molecule has 0 aliphatic carbocycles. The summed E-state index contributed by atoms with van der Waals surface area (Å²) in [5, 5.41) is 80.3. The molecule has 0 rings (SSSR count). The molecule has 0 fully saturated rings. The van der Waals surface area contributed by atoms with Gasteiger partial charge in [0.05, 0.1) is 0 Å². The van der Waals surface area contributed by atoms with E-state index >= 15 is 0 Å². The van der Waals surface area contributed by atoms with Gasteiger partial charge in [0.25, 0.3) is 0 Å². The van der Waals surface area contributed by atoms with Crippen molar-refractivity contribution in [3.63, 3.8) is 0 Å². The Morgan fingerprint density at radius 1 is 0.276 bits per heavy atom. The Labute approximate surface area is 427 Å². The Hall–Kier alpha value is 3.10. The molecule has 0 aromatic rings. The van der Waals surface area contributed by atoms with Gasteiger partial charge in [-0.05, 0) is 0 Å². The molecule has 30 N–H and O–H groups in total. The number of hydrogen-bond donors (Lipinski definition) is 9. The van der Waals surface area contributed by atoms with Crippen molar-refractivity contribution >= 4 is 0 Å². The summed E-state index contributed by atoms with van der Waals surface area (Å²) in [7, 11) is 0. The Morgan fingerprint density at radius 3 is 0.345 bits per heavy atom. The predicted molar refractivity (Wildman–Crippen MR) is 114 cm³/mol. The van der Waals surface area contributed by atoms with Crippen molar-refractivity contribution in [2.24, 2.45) is 0 Å². The minimum Gasteiger partial charge on any atom is -2.00 e. The van der Waals surface area contributed by atoms with Crippen LogP contribution in [-0.4, -0.2) is 156 Å². The predicted octanol–water partition coefficient (Wildman–Crippen LogP) is -18.7. The molecule has 46 heteroatoms. The minimum atomic E-state index is -1.29. The van der Waals surface area contributed by atoms with Crippen LogP contribution < -0.4 is 32.5 Å². The second-order valence-corrected chi connectivity index (χ2v) is 5.88. The fourth-order valence-corrected chi connectivity index (χ4v) is 0.425. The zero-order chi connectivity index (χ0) is 19.9. The van der Waals surface area contributed by atoms with Crippen LogP contribution in [0.2, 0.25) is 0 Å². The van der Waals surface area contributed by atoms with Gasteiger partial charge in [0, 0.05) is 132 Å². The molecule has 402 valence electrons. The summed E-state index contributed by atoms with van der Waals surface area (Å²) in [6.45, 7) is -3.75. The average Bonchev–Trinajstić information content (AvgIpc) is 2.67. The largest absolute Gasteiger partial charge is 6.00 e. The molecule has 0 radical (unpaired) electrons. The summed E-state index contributed by atoms with van der Waals surface area (Å²) in [5.74, 6) is 0. The van der Waals surface area contributed by atoms with E-state index in [0.29, 0.717) is 0 Å². The zero-order valence-electron chi connectivity index (χ0n) is 28.4. The summed E-state index contributed by atoms with van der Waals surface area (Å²) in [5.41, 5.74) is 6.73. The first kappa shape index (κ1) is 380. The topological polar surface area (TPSA) is 1070 Å². The molecule has 0 atom stereocenters. The zero-order valence-corrected chi connectivity index (χ0v) is 41.8. The van der Waals surface area contributed by atoms with E-state index in [1.54, 1.807) is 0 Å². The quantitative estimate of drug-likeness (QED) is 0.0973. The molecule has 58 heavy (non-hydrogen) atoms. The molecule has 0 unspecified atom stereocenters. The molecule has 0 aliphatic rings. The van der Waals surface area contributed by atoms with Gasteiger partial charge in [0.1, 0.15) is 39.6 Å². The fraction of sp³-hybridized carbons (Fsp3) is 1.00. The van der Waals surface area contributed by atoms with E-state index in [9.17, 15) is 15.3 Å². The fourth-order valence-electron chi connectivity index (χ4n) is 0.425. The Bertz CT molecular complexity index is 262. The van der Waals surface area contributed by atoms with Crippen LogP contribution in [0, 0.1) is 0 Å². The number of quaternary nitrogens is 3. The maximum absolute atomic E-state index is 9.95. The first-order chi connectivity index (χ1) is 11.0. The molecule has 0 aliphatic heterocycles. The SMILES string of the molecule is O.O.O.O.O.O.[Cr+6].[Mo].[Mo].[Mo].[Mo].[Mo].[Mo].[NH3+]C(CO)(CO)CO.[NH3+]C(CO)(CO)CO.[NH3+]C(C[O-])(C[O-])C[O-].[O-2].[O-2].[O-2].[O-2].[O-2].[O-2].[O-2].[O-2].[O-2].[O-2].[O-2].[O-2].[O-2].[O-2].[O-2].[O-2].[O-2].[O-2].[OH-].[OH-].[OH-]. The van der Waals surface area contributed by atoms with Gasteiger partial charge in [-0.3, -0.25) is 0 Å². The van der Waals surface area contributed by atoms with Crippen LogP contribution in [0.4, 0.5) is 0 Å². The van der Waals surface area contributed by atoms with Crippen molar-refractivity contribution in [1.29, 1.82) is 0 Å². The van der Waals surface area contributed by atoms with Gasteiger partial charge in [-0.1, -0.05) is 19.8 Å². The molecule has 0 saturated heterocycles. The second kappa shape index (κ2) is 232. The Kier molecular flexibility index (Phi) is 1520. The summed E-state index contributed by atoms with van der Waals surface area (Å²) in [6.07, 6.45) is 0. The van der Waals surface area contributed by atoms with Crippen molar-refractivity contribution in [1.82, 2.24) is 0 Å². The van der Waals surface area contributed by atoms with Crippen LogP contribution in [0.5, 0.6) is 0 Å². The summed E-state index contributed by atoms with van der Waals surface area (Å²) < 4.78 is 0. The third-order valence-corrected chi connectivity index (χ3v) is 2.93. The van der Waals surface area contributed by atoms with Crippen LogP contribution >= 0.6 is 0 Å². The summed E-state index contributed by atoms with van der Waals surface area (Å²) in [6, 6.07) is 0. The Morgan fingerprint density at radius 2 is 0.345 bits per heavy atom. The third-order valence-electron chi connectivity index (χ3n) is 2.93. The number of rotatable bonds is 9. The molecule has 0 bridgehead atoms. The van der Waals surface area contributed by atoms with E-state index in [1.807, 2.05) is 0 Å². The summed E-state index contributed by atoms with van der Waals surface area (Å²) in [4.78, 5) is 0. The van der Waals surface area contributed by atoms with Gasteiger partial charge >= 0.3 is 17.4 Å². The van der Waals surface area contributed by atoms with Crippen molar-refractivity contribution in [3.8, 4) is 0 Å². The maximum Gasteiger partial charge on any atom is 6.00 e. The molecule has 0 heterocycles. The summed E-state index contributed by atoms with van der Waals surface area (Å²) >= 11 is 0. The first-order valence-electron chi connectivity index (χ1n) is 7.01. The Balaban J connectivity index is -0.00000000252. The van der Waals surface area contributed by atoms with Gasteiger partial charge in [-0.25, -0.2) is 0 Å². The van der Waals surface area contributed by atoms with Crippen molar-refractivity contribution in [2.75, 3.05) is 59.5 Å². The van der Waals surface area contributed by atoms with E-state index in [2.05, 4.69) is 17.2 Å². The van der Waals surface area contributed by atoms with Crippen molar-refractivity contribution < 1.29 is 355 Å². The van der Waals surface area contributed by atoms with Crippen LogP contribution in [0.25, 0.3) is 0 Å². The van der Waals surface area contributed by atoms with Gasteiger partial charge in [0.15, 0.2) is 11.1 Å². The van der Waals surface area contributed by atoms with Gasteiger partial charge in [-0.2, -0.15) is 0 Å². The number of aliphatic hydroxyl groups excluding tert-OH is 6. The van der Waals surface area contributed by atoms with E-state index in [4.69, 9.17) is 30.6 Å². The maximum atomic E-state index is 9.95. The normalized spacial score (nSPS) is 4.97. The van der Waals surface area contributed by atoms with Gasteiger partial charge < -0.3 is 211 Å². The van der Waals surface area contributed by atoms with Crippen molar-refractivity contribution in [2.45, 2.75) is 16.6 Å². The molecule has 39 nitrogen and oxygen atoms in total. The van der Waals surface area contributed by atoms with Crippen LogP contribution in [0.3, 0.4) is 0 Å². The average molecular weight is 1440 g/mol. The van der Waals surface area contributed by atoms with E-state index < -0.39 is 36.4 Å². The molecule has 0 spiro atoms. The van der Waals surface area contributed by atoms with Crippen LogP contribution in [0.1, 0.15) is 0 Å². The van der Waals surface area contributed by atoms with E-state index in [-0.39, 0.29) is 331 Å². The van der Waals surface area contributed by atoms with Crippen molar-refractivity contribution in [3.05, 3.63) is 0 Å². The third kappa shape index (κ3) is 220. The molecule has 0 aromatic heterocycles. The van der Waals surface area contributed by atoms with E-state index in [1.165, 1.54) is 0 Å². The molecular formula is C12H48CrMo6N3O36-33. The van der Waals surface area contributed by atoms with E-state index in [0.717, 1.165) is 0 Å². The molecule has 0 aromatic carbocycles. The first-order valence-corrected chi connectivity index (χ1v) is 7.01. The molecule has 0 saturated carbocycles. The minimum absolute atomic E-state index is 0. The molecular weight excluding hydrogens is 1390 g/mol. The van der Waals surface area contributed by atoms with Crippen LogP contribution in [0.15, 0.2) is 0 Å². The number of aliphatic hydroxyl groups is 6. The number of hydrogen-bond acceptors (Lipinski definition) is 12. The smallest absolute Gasteiger partial charge is 2.00 e. The molecule has 0 amide bonds. The second-order valence-electron chi connectivity index (χ2n) is 5.88. The monoisotopic (exact) mass is 1450 g/mol. The van der Waals surface area contributed by atoms with Gasteiger partial charge in [0.2, 0.25) is 0 Å². The van der Waals surface area contributed by atoms with Crippen LogP contribution in [-0.2, 0) is 242 Å².